The van der Waals surface area contributed by atoms with Gasteiger partial charge in [0, 0.05) is 18.0 Å². The lowest BCUT2D eigenvalue weighted by atomic mass is 9.92. The van der Waals surface area contributed by atoms with Crippen molar-refractivity contribution in [3.05, 3.63) is 65.5 Å². The number of aromatic nitrogens is 2. The molecule has 0 bridgehead atoms. The van der Waals surface area contributed by atoms with Crippen molar-refractivity contribution in [3.8, 4) is 17.1 Å². The van der Waals surface area contributed by atoms with Crippen LogP contribution in [0.15, 0.2) is 48.8 Å². The lowest BCUT2D eigenvalue weighted by Crippen LogP contribution is -2.38. The highest BCUT2D eigenvalue weighted by Crippen LogP contribution is 2.34. The van der Waals surface area contributed by atoms with Gasteiger partial charge in [-0.2, -0.15) is 0 Å². The smallest absolute Gasteiger partial charge is 0.144 e. The molecule has 3 heteroatoms. The van der Waals surface area contributed by atoms with E-state index in [1.54, 1.807) is 5.19 Å². The van der Waals surface area contributed by atoms with Crippen molar-refractivity contribution in [2.45, 2.75) is 66.1 Å². The topological polar surface area (TPSA) is 17.8 Å². The minimum Gasteiger partial charge on any atom is -0.299 e. The number of nitrogens with zero attached hydrogens (tertiary/aromatic N) is 2. The molecule has 2 aromatic carbocycles. The van der Waals surface area contributed by atoms with Crippen LogP contribution in [0.5, 0.6) is 0 Å². The summed E-state index contributed by atoms with van der Waals surface area (Å²) in [5.41, 5.74) is 6.60. The molecule has 0 spiro atoms. The first kappa shape index (κ1) is 20.6. The van der Waals surface area contributed by atoms with Crippen molar-refractivity contribution >= 4 is 13.3 Å². The third-order valence-electron chi connectivity index (χ3n) is 5.47. The van der Waals surface area contributed by atoms with Gasteiger partial charge >= 0.3 is 0 Å². The van der Waals surface area contributed by atoms with Crippen LogP contribution in [0.4, 0.5) is 0 Å². The Morgan fingerprint density at radius 1 is 0.857 bits per heavy atom. The number of aryl methyl sites for hydroxylation is 1. The molecule has 1 heterocycles. The number of hydrogen-bond acceptors (Lipinski definition) is 1. The monoisotopic (exact) mass is 390 g/mol. The zero-order valence-corrected chi connectivity index (χ0v) is 19.7. The van der Waals surface area contributed by atoms with E-state index in [0.29, 0.717) is 11.8 Å². The first-order valence-corrected chi connectivity index (χ1v) is 13.9. The SMILES string of the molecule is Cc1ccc(-c2nccn2-c2c(C(C)C)cc([Si](C)(C)C)cc2C(C)C)cc1. The molecule has 28 heavy (non-hydrogen) atoms. The molecule has 0 aliphatic carbocycles. The van der Waals surface area contributed by atoms with Crippen LogP contribution in [0.2, 0.25) is 19.6 Å². The van der Waals surface area contributed by atoms with E-state index in [1.807, 2.05) is 6.20 Å². The van der Waals surface area contributed by atoms with Gasteiger partial charge in [-0.15, -0.1) is 0 Å². The summed E-state index contributed by atoms with van der Waals surface area (Å²) in [5.74, 6) is 1.93. The van der Waals surface area contributed by atoms with E-state index < -0.39 is 8.07 Å². The quantitative estimate of drug-likeness (QED) is 0.446. The Labute approximate surface area is 171 Å². The summed E-state index contributed by atoms with van der Waals surface area (Å²) in [6.45, 7) is 18.7. The number of rotatable bonds is 5. The van der Waals surface area contributed by atoms with Gasteiger partial charge in [-0.3, -0.25) is 4.57 Å². The van der Waals surface area contributed by atoms with Crippen LogP contribution < -0.4 is 5.19 Å². The van der Waals surface area contributed by atoms with Gasteiger partial charge in [0.2, 0.25) is 0 Å². The lowest BCUT2D eigenvalue weighted by Gasteiger charge is -2.27. The fourth-order valence-electron chi connectivity index (χ4n) is 3.67. The van der Waals surface area contributed by atoms with E-state index in [9.17, 15) is 0 Å². The first-order valence-electron chi connectivity index (χ1n) is 10.4. The van der Waals surface area contributed by atoms with Crippen LogP contribution in [-0.2, 0) is 0 Å². The average Bonchev–Trinajstić information content (AvgIpc) is 3.09. The molecule has 3 aromatic rings. The maximum absolute atomic E-state index is 4.74. The molecular weight excluding hydrogens is 356 g/mol. The van der Waals surface area contributed by atoms with E-state index in [-0.39, 0.29) is 0 Å². The third-order valence-corrected chi connectivity index (χ3v) is 7.49. The summed E-state index contributed by atoms with van der Waals surface area (Å²) < 4.78 is 2.31. The van der Waals surface area contributed by atoms with Crippen LogP contribution in [-0.4, -0.2) is 17.6 Å². The largest absolute Gasteiger partial charge is 0.299 e. The molecule has 0 atom stereocenters. The Morgan fingerprint density at radius 2 is 1.39 bits per heavy atom. The average molecular weight is 391 g/mol. The number of hydrogen-bond donors (Lipinski definition) is 0. The molecule has 0 unspecified atom stereocenters. The normalized spacial score (nSPS) is 12.2. The fourth-order valence-corrected chi connectivity index (χ4v) is 4.85. The van der Waals surface area contributed by atoms with E-state index in [0.717, 1.165) is 11.4 Å². The van der Waals surface area contributed by atoms with Crippen molar-refractivity contribution in [1.29, 1.82) is 0 Å². The van der Waals surface area contributed by atoms with Crippen molar-refractivity contribution in [3.63, 3.8) is 0 Å². The zero-order chi connectivity index (χ0) is 20.6. The van der Waals surface area contributed by atoms with Gasteiger partial charge in [0.25, 0.3) is 0 Å². The van der Waals surface area contributed by atoms with Gasteiger partial charge in [-0.1, -0.05) is 94.5 Å². The highest BCUT2D eigenvalue weighted by atomic mass is 28.3. The van der Waals surface area contributed by atoms with Crippen LogP contribution in [0.1, 0.15) is 56.2 Å². The van der Waals surface area contributed by atoms with E-state index in [4.69, 9.17) is 4.98 Å². The zero-order valence-electron chi connectivity index (χ0n) is 18.7. The number of imidazole rings is 1. The predicted molar refractivity (Wildman–Crippen MR) is 125 cm³/mol. The summed E-state index contributed by atoms with van der Waals surface area (Å²) >= 11 is 0. The van der Waals surface area contributed by atoms with Crippen molar-refractivity contribution in [2.75, 3.05) is 0 Å². The molecule has 0 N–H and O–H groups in total. The number of benzene rings is 2. The van der Waals surface area contributed by atoms with Crippen molar-refractivity contribution in [2.24, 2.45) is 0 Å². The second-order valence-electron chi connectivity index (χ2n) is 9.55. The molecule has 2 nitrogen and oxygen atoms in total. The lowest BCUT2D eigenvalue weighted by molar-refractivity contribution is 0.808. The maximum Gasteiger partial charge on any atom is 0.144 e. The fraction of sp³-hybridized carbons (Fsp3) is 0.400. The standard InChI is InChI=1S/C25H34N2Si/c1-17(2)22-15-21(28(6,7)8)16-23(18(3)4)24(22)27-14-13-26-25(27)20-11-9-19(5)10-12-20/h9-18H,1-8H3. The van der Waals surface area contributed by atoms with E-state index >= 15 is 0 Å². The Balaban J connectivity index is 2.31. The summed E-state index contributed by atoms with van der Waals surface area (Å²) in [5, 5.41) is 1.54. The molecule has 0 aliphatic rings. The Morgan fingerprint density at radius 3 is 1.86 bits per heavy atom. The van der Waals surface area contributed by atoms with Crippen molar-refractivity contribution in [1.82, 2.24) is 9.55 Å². The minimum absolute atomic E-state index is 0.456. The van der Waals surface area contributed by atoms with Gasteiger partial charge in [0.05, 0.1) is 13.8 Å². The summed E-state index contributed by atoms with van der Waals surface area (Å²) in [7, 11) is -1.40. The van der Waals surface area contributed by atoms with Crippen LogP contribution in [0, 0.1) is 6.92 Å². The molecule has 0 fully saturated rings. The molecule has 1 aromatic heterocycles. The second-order valence-corrected chi connectivity index (χ2v) is 14.6. The Kier molecular flexibility index (Phi) is 5.67. The van der Waals surface area contributed by atoms with Gasteiger partial charge in [0.15, 0.2) is 0 Å². The minimum atomic E-state index is -1.40. The van der Waals surface area contributed by atoms with Gasteiger partial charge < -0.3 is 0 Å². The van der Waals surface area contributed by atoms with Gasteiger partial charge in [-0.05, 0) is 29.9 Å². The van der Waals surface area contributed by atoms with Gasteiger partial charge in [0.1, 0.15) is 5.82 Å². The predicted octanol–water partition coefficient (Wildman–Crippen LogP) is 6.64. The third kappa shape index (κ3) is 4.00. The molecule has 0 amide bonds. The summed E-state index contributed by atoms with van der Waals surface area (Å²) in [6, 6.07) is 13.6. The maximum atomic E-state index is 4.74. The molecule has 0 radical (unpaired) electrons. The molecule has 3 rings (SSSR count). The second kappa shape index (κ2) is 7.71. The van der Waals surface area contributed by atoms with E-state index in [1.165, 1.54) is 22.4 Å². The van der Waals surface area contributed by atoms with Crippen LogP contribution in [0.25, 0.3) is 17.1 Å². The Bertz CT molecular complexity index is 928. The molecule has 0 aliphatic heterocycles. The highest BCUT2D eigenvalue weighted by Gasteiger charge is 2.24. The van der Waals surface area contributed by atoms with Gasteiger partial charge in [-0.25, -0.2) is 4.98 Å². The van der Waals surface area contributed by atoms with Crippen LogP contribution >= 0.6 is 0 Å². The summed E-state index contributed by atoms with van der Waals surface area (Å²) in [4.78, 5) is 4.74. The molecule has 0 saturated heterocycles. The van der Waals surface area contributed by atoms with E-state index in [2.05, 4.69) is 101 Å². The Hall–Kier alpha value is -2.13. The van der Waals surface area contributed by atoms with Crippen molar-refractivity contribution < 1.29 is 0 Å². The molecule has 0 saturated carbocycles. The highest BCUT2D eigenvalue weighted by molar-refractivity contribution is 6.88. The first-order chi connectivity index (χ1) is 13.1. The summed E-state index contributed by atoms with van der Waals surface area (Å²) in [6.07, 6.45) is 4.05. The van der Waals surface area contributed by atoms with Crippen LogP contribution in [0.3, 0.4) is 0 Å². The molecular formula is C25H34N2Si. The molecule has 148 valence electrons.